The minimum Gasteiger partial charge on any atom is -0.334 e. The predicted octanol–water partition coefficient (Wildman–Crippen LogP) is 0.213. The number of hydrogen-bond donors (Lipinski definition) is 1. The summed E-state index contributed by atoms with van der Waals surface area (Å²) in [5, 5.41) is 9.11. The van der Waals surface area contributed by atoms with E-state index in [0.717, 1.165) is 36.8 Å². The standard InChI is InChI=1S/C11H14ClN5S/c1-15-2-4-16(5-3-15)13-8-9-10(12)14-11-17(9)6-7-18-11/h6-8H,2-5H2,1H3/p+1/b13-8-. The Morgan fingerprint density at radius 3 is 3.06 bits per heavy atom. The summed E-state index contributed by atoms with van der Waals surface area (Å²) in [5.74, 6) is 0. The van der Waals surface area contributed by atoms with Crippen LogP contribution in [0.15, 0.2) is 16.7 Å². The third kappa shape index (κ3) is 2.23. The summed E-state index contributed by atoms with van der Waals surface area (Å²) < 4.78 is 1.97. The second-order valence-electron chi connectivity index (χ2n) is 4.50. The highest BCUT2D eigenvalue weighted by Gasteiger charge is 2.15. The molecule has 0 bridgehead atoms. The van der Waals surface area contributed by atoms with Crippen molar-refractivity contribution in [1.29, 1.82) is 0 Å². The molecule has 0 spiro atoms. The summed E-state index contributed by atoms with van der Waals surface area (Å²) in [6.07, 6.45) is 3.78. The number of rotatable bonds is 2. The molecule has 7 heteroatoms. The summed E-state index contributed by atoms with van der Waals surface area (Å²) in [7, 11) is 2.21. The van der Waals surface area contributed by atoms with E-state index in [1.807, 2.05) is 22.2 Å². The van der Waals surface area contributed by atoms with Crippen LogP contribution < -0.4 is 4.90 Å². The van der Waals surface area contributed by atoms with Crippen molar-refractivity contribution in [2.75, 3.05) is 33.2 Å². The van der Waals surface area contributed by atoms with Gasteiger partial charge in [0, 0.05) is 11.6 Å². The van der Waals surface area contributed by atoms with E-state index in [4.69, 9.17) is 11.6 Å². The van der Waals surface area contributed by atoms with Gasteiger partial charge < -0.3 is 4.90 Å². The van der Waals surface area contributed by atoms with Gasteiger partial charge >= 0.3 is 0 Å². The van der Waals surface area contributed by atoms with Gasteiger partial charge in [0.15, 0.2) is 10.1 Å². The molecule has 0 radical (unpaired) electrons. The minimum absolute atomic E-state index is 0.519. The zero-order valence-electron chi connectivity index (χ0n) is 10.1. The third-order valence-corrected chi connectivity index (χ3v) is 4.23. The summed E-state index contributed by atoms with van der Waals surface area (Å²) in [6.45, 7) is 4.24. The molecule has 18 heavy (non-hydrogen) atoms. The lowest BCUT2D eigenvalue weighted by molar-refractivity contribution is -0.884. The molecule has 3 rings (SSSR count). The zero-order valence-corrected chi connectivity index (χ0v) is 11.7. The van der Waals surface area contributed by atoms with E-state index in [0.29, 0.717) is 5.15 Å². The van der Waals surface area contributed by atoms with E-state index in [2.05, 4.69) is 22.1 Å². The zero-order chi connectivity index (χ0) is 12.5. The lowest BCUT2D eigenvalue weighted by Crippen LogP contribution is -3.11. The largest absolute Gasteiger partial charge is 0.334 e. The smallest absolute Gasteiger partial charge is 0.195 e. The predicted molar refractivity (Wildman–Crippen MR) is 73.9 cm³/mol. The fourth-order valence-electron chi connectivity index (χ4n) is 2.02. The van der Waals surface area contributed by atoms with Crippen molar-refractivity contribution in [2.24, 2.45) is 5.10 Å². The molecular weight excluding hydrogens is 270 g/mol. The first-order valence-electron chi connectivity index (χ1n) is 5.95. The van der Waals surface area contributed by atoms with E-state index in [1.54, 1.807) is 16.2 Å². The van der Waals surface area contributed by atoms with Crippen LogP contribution in [0, 0.1) is 0 Å². The molecule has 96 valence electrons. The van der Waals surface area contributed by atoms with E-state index >= 15 is 0 Å². The van der Waals surface area contributed by atoms with Crippen LogP contribution in [-0.4, -0.2) is 53.8 Å². The van der Waals surface area contributed by atoms with Crippen LogP contribution >= 0.6 is 22.9 Å². The highest BCUT2D eigenvalue weighted by Crippen LogP contribution is 2.19. The van der Waals surface area contributed by atoms with Gasteiger partial charge in [-0.05, 0) is 0 Å². The molecule has 0 amide bonds. The fraction of sp³-hybridized carbons (Fsp3) is 0.455. The molecule has 1 saturated heterocycles. The number of aromatic nitrogens is 2. The first-order valence-corrected chi connectivity index (χ1v) is 7.21. The van der Waals surface area contributed by atoms with Gasteiger partial charge in [-0.25, -0.2) is 4.98 Å². The lowest BCUT2D eigenvalue weighted by Gasteiger charge is -2.27. The van der Waals surface area contributed by atoms with Crippen molar-refractivity contribution >= 4 is 34.1 Å². The Morgan fingerprint density at radius 2 is 2.28 bits per heavy atom. The number of thiazole rings is 1. The second-order valence-corrected chi connectivity index (χ2v) is 5.73. The van der Waals surface area contributed by atoms with Gasteiger partial charge in [0.25, 0.3) is 0 Å². The number of likely N-dealkylation sites (N-methyl/N-ethyl adjacent to an activating group) is 1. The van der Waals surface area contributed by atoms with Crippen LogP contribution in [0.1, 0.15) is 5.69 Å². The summed E-state index contributed by atoms with van der Waals surface area (Å²) >= 11 is 7.68. The van der Waals surface area contributed by atoms with Gasteiger partial charge in [-0.15, -0.1) is 11.3 Å². The molecule has 0 unspecified atom stereocenters. The van der Waals surface area contributed by atoms with Crippen molar-refractivity contribution in [3.63, 3.8) is 0 Å². The van der Waals surface area contributed by atoms with E-state index < -0.39 is 0 Å². The molecule has 1 aliphatic heterocycles. The number of hydrogen-bond acceptors (Lipinski definition) is 4. The average Bonchev–Trinajstić information content (AvgIpc) is 2.90. The number of quaternary nitrogens is 1. The van der Waals surface area contributed by atoms with Gasteiger partial charge in [-0.2, -0.15) is 5.10 Å². The highest BCUT2D eigenvalue weighted by atomic mass is 35.5. The SMILES string of the molecule is C[NH+]1CCN(/N=C\c2c(Cl)nc3sccn23)CC1. The molecule has 3 heterocycles. The number of nitrogens with zero attached hydrogens (tertiary/aromatic N) is 4. The van der Waals surface area contributed by atoms with Crippen LogP contribution in [0.5, 0.6) is 0 Å². The molecule has 2 aromatic heterocycles. The van der Waals surface area contributed by atoms with Crippen LogP contribution in [0.25, 0.3) is 4.96 Å². The Hall–Kier alpha value is -1.11. The molecule has 0 aromatic carbocycles. The Morgan fingerprint density at radius 1 is 1.50 bits per heavy atom. The number of nitrogens with one attached hydrogen (secondary N) is 1. The molecule has 2 aromatic rings. The third-order valence-electron chi connectivity index (χ3n) is 3.19. The maximum absolute atomic E-state index is 6.11. The minimum atomic E-state index is 0.519. The first kappa shape index (κ1) is 12.0. The van der Waals surface area contributed by atoms with Gasteiger partial charge in [-0.1, -0.05) is 11.6 Å². The number of piperazine rings is 1. The Bertz CT molecular complexity index is 567. The summed E-state index contributed by atoms with van der Waals surface area (Å²) in [6, 6.07) is 0. The quantitative estimate of drug-likeness (QED) is 0.801. The van der Waals surface area contributed by atoms with Crippen LogP contribution in [0.4, 0.5) is 0 Å². The van der Waals surface area contributed by atoms with Gasteiger partial charge in [0.2, 0.25) is 0 Å². The monoisotopic (exact) mass is 284 g/mol. The number of halogens is 1. The van der Waals surface area contributed by atoms with Crippen LogP contribution in [0.2, 0.25) is 5.15 Å². The number of imidazole rings is 1. The van der Waals surface area contributed by atoms with E-state index in [1.165, 1.54) is 0 Å². The van der Waals surface area contributed by atoms with Crippen LogP contribution in [-0.2, 0) is 0 Å². The molecule has 1 fully saturated rings. The fourth-order valence-corrected chi connectivity index (χ4v) is 3.01. The van der Waals surface area contributed by atoms with Gasteiger partial charge in [0.1, 0.15) is 5.69 Å². The van der Waals surface area contributed by atoms with Crippen molar-refractivity contribution < 1.29 is 4.90 Å². The number of hydrazone groups is 1. The van der Waals surface area contributed by atoms with Gasteiger partial charge in [-0.3, -0.25) is 9.41 Å². The Balaban J connectivity index is 1.79. The van der Waals surface area contributed by atoms with Crippen molar-refractivity contribution in [3.05, 3.63) is 22.4 Å². The van der Waals surface area contributed by atoms with Crippen molar-refractivity contribution in [3.8, 4) is 0 Å². The van der Waals surface area contributed by atoms with Crippen LogP contribution in [0.3, 0.4) is 0 Å². The first-order chi connectivity index (χ1) is 8.74. The second kappa shape index (κ2) is 4.87. The average molecular weight is 285 g/mol. The maximum atomic E-state index is 6.11. The summed E-state index contributed by atoms with van der Waals surface area (Å²) in [4.78, 5) is 6.75. The van der Waals surface area contributed by atoms with Gasteiger partial charge in [0.05, 0.1) is 39.4 Å². The highest BCUT2D eigenvalue weighted by molar-refractivity contribution is 7.15. The molecule has 5 nitrogen and oxygen atoms in total. The van der Waals surface area contributed by atoms with Crippen molar-refractivity contribution in [1.82, 2.24) is 14.4 Å². The lowest BCUT2D eigenvalue weighted by atomic mass is 10.4. The molecule has 0 saturated carbocycles. The normalized spacial score (nSPS) is 18.2. The summed E-state index contributed by atoms with van der Waals surface area (Å²) in [5.41, 5.74) is 0.860. The molecule has 1 aliphatic rings. The number of fused-ring (bicyclic) bond motifs is 1. The van der Waals surface area contributed by atoms with Crippen molar-refractivity contribution in [2.45, 2.75) is 0 Å². The van der Waals surface area contributed by atoms with E-state index in [-0.39, 0.29) is 0 Å². The molecule has 1 N–H and O–H groups in total. The Kier molecular flexibility index (Phi) is 3.23. The van der Waals surface area contributed by atoms with E-state index in [9.17, 15) is 0 Å². The Labute approximate surface area is 114 Å². The molecule has 0 atom stereocenters. The molecule has 0 aliphatic carbocycles. The maximum Gasteiger partial charge on any atom is 0.195 e. The topological polar surface area (TPSA) is 37.3 Å². The molecular formula is C11H15ClN5S+.